The van der Waals surface area contributed by atoms with E-state index in [-0.39, 0.29) is 47.7 Å². The van der Waals surface area contributed by atoms with Crippen molar-refractivity contribution in [3.8, 4) is 0 Å². The fourth-order valence-electron chi connectivity index (χ4n) is 9.65. The van der Waals surface area contributed by atoms with Crippen molar-refractivity contribution in [1.82, 2.24) is 0 Å². The number of aliphatic hydroxyl groups excluding tert-OH is 2. The highest BCUT2D eigenvalue weighted by Gasteiger charge is 2.62. The Labute approximate surface area is 239 Å². The third kappa shape index (κ3) is 6.64. The minimum Gasteiger partial charge on any atom is -0.396 e. The van der Waals surface area contributed by atoms with Crippen LogP contribution in [-0.4, -0.2) is 61.6 Å². The fourth-order valence-corrected chi connectivity index (χ4v) is 10.5. The standard InChI is InChI=1S/C28H48O10S2/c1-17(18(2)15-29)5-6-19(16-37-39(31,32)33)22-9-10-23-21-8-7-20-13-26(38-40(34,35)36)25(30)14-28(20,4)24(21)11-12-27(22,23)3/h18-26,29-30H,1,5-16H2,2-4H3,(H,31,32,33)(H,34,35,36)/t18?,19-,20?,21-,22+,23-,24-,25?,26?,27+,28-/m0/s1. The Kier molecular flexibility index (Phi) is 9.55. The van der Waals surface area contributed by atoms with Gasteiger partial charge in [0.25, 0.3) is 0 Å². The maximum atomic E-state index is 11.5. The molecule has 4 fully saturated rings. The molecule has 4 N–H and O–H groups in total. The zero-order valence-corrected chi connectivity index (χ0v) is 25.6. The quantitative estimate of drug-likeness (QED) is 0.197. The van der Waals surface area contributed by atoms with E-state index in [1.807, 2.05) is 6.92 Å². The van der Waals surface area contributed by atoms with Gasteiger partial charge in [-0.05, 0) is 116 Å². The largest absolute Gasteiger partial charge is 0.397 e. The molecule has 0 radical (unpaired) electrons. The van der Waals surface area contributed by atoms with Gasteiger partial charge in [0.15, 0.2) is 0 Å². The number of hydrogen-bond acceptors (Lipinski definition) is 8. The average molecular weight is 609 g/mol. The van der Waals surface area contributed by atoms with Gasteiger partial charge in [-0.3, -0.25) is 9.11 Å². The first kappa shape index (κ1) is 32.3. The second kappa shape index (κ2) is 11.8. The van der Waals surface area contributed by atoms with E-state index in [4.69, 9.17) is 8.37 Å². The van der Waals surface area contributed by atoms with E-state index in [2.05, 4.69) is 20.4 Å². The SMILES string of the molecule is C=C(CC[C@@H](COS(=O)(=O)O)[C@H]1CC[C@H]2[C@@H]3CCC4CC(OS(=O)(=O)O)C(O)C[C@]4(C)[C@H]3CC[C@]12C)C(C)CO. The van der Waals surface area contributed by atoms with Gasteiger partial charge in [0.1, 0.15) is 6.10 Å². The van der Waals surface area contributed by atoms with Gasteiger partial charge in [-0.2, -0.15) is 16.8 Å². The van der Waals surface area contributed by atoms with Crippen LogP contribution >= 0.6 is 0 Å². The molecule has 0 heterocycles. The highest BCUT2D eigenvalue weighted by atomic mass is 32.3. The fraction of sp³-hybridized carbons (Fsp3) is 0.929. The Bertz CT molecular complexity index is 1140. The van der Waals surface area contributed by atoms with Crippen molar-refractivity contribution in [2.24, 2.45) is 52.3 Å². The summed E-state index contributed by atoms with van der Waals surface area (Å²) >= 11 is 0. The maximum Gasteiger partial charge on any atom is 0.397 e. The summed E-state index contributed by atoms with van der Waals surface area (Å²) in [6.07, 6.45) is 6.05. The first-order valence-electron chi connectivity index (χ1n) is 14.7. The molecule has 4 aliphatic rings. The van der Waals surface area contributed by atoms with E-state index < -0.39 is 33.0 Å². The molecule has 232 valence electrons. The Morgan fingerprint density at radius 1 is 1.00 bits per heavy atom. The summed E-state index contributed by atoms with van der Waals surface area (Å²) in [4.78, 5) is 0. The molecule has 4 unspecified atom stereocenters. The van der Waals surface area contributed by atoms with Crippen LogP contribution < -0.4 is 0 Å². The van der Waals surface area contributed by atoms with Gasteiger partial charge >= 0.3 is 20.8 Å². The summed E-state index contributed by atoms with van der Waals surface area (Å²) < 4.78 is 74.0. The smallest absolute Gasteiger partial charge is 0.396 e. The van der Waals surface area contributed by atoms with Crippen LogP contribution in [0.1, 0.15) is 85.0 Å². The molecular weight excluding hydrogens is 560 g/mol. The molecule has 11 atom stereocenters. The molecule has 4 aliphatic carbocycles. The molecule has 40 heavy (non-hydrogen) atoms. The second-order valence-corrected chi connectivity index (χ2v) is 15.8. The zero-order chi connectivity index (χ0) is 29.7. The molecule has 0 aliphatic heterocycles. The topological polar surface area (TPSA) is 168 Å². The second-order valence-electron chi connectivity index (χ2n) is 13.7. The van der Waals surface area contributed by atoms with E-state index in [0.717, 1.165) is 44.1 Å². The van der Waals surface area contributed by atoms with Crippen LogP contribution in [0, 0.1) is 52.3 Å². The van der Waals surface area contributed by atoms with Gasteiger partial charge in [-0.1, -0.05) is 32.9 Å². The number of hydrogen-bond donors (Lipinski definition) is 4. The maximum absolute atomic E-state index is 11.5. The normalized spacial score (nSPS) is 41.4. The molecule has 12 heteroatoms. The van der Waals surface area contributed by atoms with Crippen LogP contribution in [0.5, 0.6) is 0 Å². The van der Waals surface area contributed by atoms with Crippen molar-refractivity contribution < 1.29 is 44.5 Å². The lowest BCUT2D eigenvalue weighted by atomic mass is 9.44. The minimum absolute atomic E-state index is 0.00838. The monoisotopic (exact) mass is 608 g/mol. The van der Waals surface area contributed by atoms with Crippen molar-refractivity contribution in [3.63, 3.8) is 0 Å². The number of rotatable bonds is 11. The Morgan fingerprint density at radius 3 is 2.30 bits per heavy atom. The summed E-state index contributed by atoms with van der Waals surface area (Å²) in [6, 6.07) is 0. The Hall–Kier alpha value is -0.600. The van der Waals surface area contributed by atoms with E-state index in [1.165, 1.54) is 0 Å². The van der Waals surface area contributed by atoms with Crippen LogP contribution in [0.15, 0.2) is 12.2 Å². The summed E-state index contributed by atoms with van der Waals surface area (Å²) in [5, 5.41) is 20.4. The molecule has 0 aromatic rings. The van der Waals surface area contributed by atoms with Crippen molar-refractivity contribution >= 4 is 20.8 Å². The zero-order valence-electron chi connectivity index (χ0n) is 23.9. The van der Waals surface area contributed by atoms with Crippen molar-refractivity contribution in [2.75, 3.05) is 13.2 Å². The van der Waals surface area contributed by atoms with Gasteiger partial charge in [0, 0.05) is 6.61 Å². The van der Waals surface area contributed by atoms with Gasteiger partial charge in [-0.25, -0.2) is 8.37 Å². The molecule has 10 nitrogen and oxygen atoms in total. The highest BCUT2D eigenvalue weighted by Crippen LogP contribution is 2.68. The minimum atomic E-state index is -4.64. The number of aliphatic hydroxyl groups is 2. The van der Waals surface area contributed by atoms with Crippen molar-refractivity contribution in [2.45, 2.75) is 97.2 Å². The third-order valence-electron chi connectivity index (χ3n) is 11.8. The lowest BCUT2D eigenvalue weighted by Gasteiger charge is -2.62. The van der Waals surface area contributed by atoms with Crippen LogP contribution in [0.2, 0.25) is 0 Å². The van der Waals surface area contributed by atoms with Gasteiger partial charge < -0.3 is 10.2 Å². The van der Waals surface area contributed by atoms with E-state index in [0.29, 0.717) is 43.4 Å². The Balaban J connectivity index is 1.52. The summed E-state index contributed by atoms with van der Waals surface area (Å²) in [5.41, 5.74) is 0.735. The number of fused-ring (bicyclic) bond motifs is 5. The molecule has 0 spiro atoms. The first-order valence-corrected chi connectivity index (χ1v) is 17.5. The summed E-state index contributed by atoms with van der Waals surface area (Å²) in [5.74, 6) is 1.54. The molecule has 4 saturated carbocycles. The molecule has 0 bridgehead atoms. The van der Waals surface area contributed by atoms with Crippen molar-refractivity contribution in [1.29, 1.82) is 0 Å². The lowest BCUT2D eigenvalue weighted by Crippen LogP contribution is -2.57. The molecule has 0 saturated heterocycles. The van der Waals surface area contributed by atoms with Gasteiger partial charge in [0.2, 0.25) is 0 Å². The predicted molar refractivity (Wildman–Crippen MR) is 149 cm³/mol. The van der Waals surface area contributed by atoms with Crippen LogP contribution in [-0.2, 0) is 29.2 Å². The summed E-state index contributed by atoms with van der Waals surface area (Å²) in [6.45, 7) is 10.5. The average Bonchev–Trinajstić information content (AvgIpc) is 3.19. The van der Waals surface area contributed by atoms with E-state index in [9.17, 15) is 36.2 Å². The van der Waals surface area contributed by atoms with Crippen LogP contribution in [0.25, 0.3) is 0 Å². The van der Waals surface area contributed by atoms with Crippen LogP contribution in [0.3, 0.4) is 0 Å². The molecule has 0 aromatic carbocycles. The van der Waals surface area contributed by atoms with Gasteiger partial charge in [0.05, 0.1) is 12.7 Å². The van der Waals surface area contributed by atoms with Crippen LogP contribution in [0.4, 0.5) is 0 Å². The molecule has 4 rings (SSSR count). The molecule has 0 amide bonds. The lowest BCUT2D eigenvalue weighted by molar-refractivity contribution is -0.157. The highest BCUT2D eigenvalue weighted by molar-refractivity contribution is 7.81. The Morgan fingerprint density at radius 2 is 1.68 bits per heavy atom. The van der Waals surface area contributed by atoms with Gasteiger partial charge in [-0.15, -0.1) is 0 Å². The van der Waals surface area contributed by atoms with E-state index in [1.54, 1.807) is 0 Å². The molecular formula is C28H48O10S2. The predicted octanol–water partition coefficient (Wildman–Crippen LogP) is 4.20. The molecule has 0 aromatic heterocycles. The van der Waals surface area contributed by atoms with E-state index >= 15 is 0 Å². The summed E-state index contributed by atoms with van der Waals surface area (Å²) in [7, 11) is -9.21. The third-order valence-corrected chi connectivity index (χ3v) is 12.7. The first-order chi connectivity index (χ1) is 18.5. The van der Waals surface area contributed by atoms with Crippen molar-refractivity contribution in [3.05, 3.63) is 12.2 Å².